The fourth-order valence-electron chi connectivity index (χ4n) is 1.42. The van der Waals surface area contributed by atoms with Crippen LogP contribution in [0.3, 0.4) is 0 Å². The molecule has 16 heteroatoms. The minimum Gasteiger partial charge on any atom is -0.431 e. The fraction of sp³-hybridized carbons (Fsp3) is 0.500. The highest BCUT2D eigenvalue weighted by Crippen LogP contribution is 2.86. The zero-order chi connectivity index (χ0) is 17.3. The number of benzene rings is 1. The first-order chi connectivity index (χ1) is 10.5. The van der Waals surface area contributed by atoms with Crippen LogP contribution in [0.5, 0.6) is 5.75 Å². The first-order valence-electron chi connectivity index (χ1n) is 5.89. The van der Waals surface area contributed by atoms with Gasteiger partial charge in [-0.15, -0.1) is 0 Å². The van der Waals surface area contributed by atoms with Gasteiger partial charge in [0.1, 0.15) is 5.75 Å². The first-order valence-corrected chi connectivity index (χ1v) is 15.4. The predicted octanol–water partition coefficient (Wildman–Crippen LogP) is 11.3. The van der Waals surface area contributed by atoms with Crippen LogP contribution in [-0.2, 0) is 0 Å². The summed E-state index contributed by atoms with van der Waals surface area (Å²) in [6.45, 7) is -3.22. The Hall–Kier alpha value is 1.49. The van der Waals surface area contributed by atoms with Gasteiger partial charge in [0.05, 0.1) is 6.21 Å². The molecule has 0 spiro atoms. The number of nitrogens with zero attached hydrogens (tertiary/aromatic N) is 5. The van der Waals surface area contributed by atoms with Crippen LogP contribution in [-0.4, -0.2) is 25.3 Å². The molecule has 0 aromatic heterocycles. The minimum atomic E-state index is -3.22. The molecule has 30 heavy (non-hydrogen) atoms. The molecule has 184 valence electrons. The van der Waals surface area contributed by atoms with Crippen LogP contribution in [0.2, 0.25) is 0 Å². The van der Waals surface area contributed by atoms with Gasteiger partial charge in [-0.3, -0.25) is 0 Å². The lowest BCUT2D eigenvalue weighted by Crippen LogP contribution is -2.01. The molecule has 0 saturated heterocycles. The van der Waals surface area contributed by atoms with Crippen LogP contribution >= 0.6 is 94.6 Å². The van der Waals surface area contributed by atoms with Gasteiger partial charge in [0, 0.05) is 14.1 Å². The van der Waals surface area contributed by atoms with Crippen LogP contribution in [0, 0.1) is 0 Å². The van der Waals surface area contributed by atoms with Gasteiger partial charge in [-0.25, -0.2) is 0 Å². The van der Waals surface area contributed by atoms with Crippen LogP contribution in [0.1, 0.15) is 42.7 Å². The third-order valence-electron chi connectivity index (χ3n) is 2.19. The molecule has 0 N–H and O–H groups in total. The van der Waals surface area contributed by atoms with Gasteiger partial charge in [-0.1, -0.05) is 37.1 Å². The number of hydrogen-bond acceptors (Lipinski definition) is 6. The first kappa shape index (κ1) is 45.1. The molecule has 1 aliphatic rings. The van der Waals surface area contributed by atoms with Crippen molar-refractivity contribution in [2.45, 2.75) is 37.1 Å². The van der Waals surface area contributed by atoms with Gasteiger partial charge in [-0.2, -0.15) is 38.4 Å². The lowest BCUT2D eigenvalue weighted by molar-refractivity contribution is 0.440. The van der Waals surface area contributed by atoms with E-state index < -0.39 is 18.6 Å². The van der Waals surface area contributed by atoms with E-state index in [2.05, 4.69) is 18.6 Å². The molecule has 0 radical (unpaired) electrons. The highest BCUT2D eigenvalue weighted by atomic mass is 35.9. The monoisotopic (exact) mass is 621 g/mol. The molecular weight excluding hydrogens is 586 g/mol. The maximum absolute atomic E-state index is 6.30. The Morgan fingerprint density at radius 3 is 1.63 bits per heavy atom. The topological polar surface area (TPSA) is 61.9 Å². The van der Waals surface area contributed by atoms with Gasteiger partial charge >= 0.3 is 6.78 Å². The molecule has 0 bridgehead atoms. The van der Waals surface area contributed by atoms with E-state index in [-0.39, 0.29) is 56.9 Å². The van der Waals surface area contributed by atoms with Crippen LogP contribution in [0.25, 0.3) is 0 Å². The average molecular weight is 624 g/mol. The fourth-order valence-corrected chi connectivity index (χ4v) is 18.0. The second kappa shape index (κ2) is 17.9. The van der Waals surface area contributed by atoms with E-state index in [1.54, 1.807) is 35.5 Å². The molecule has 3 atom stereocenters. The third kappa shape index (κ3) is 15.3. The van der Waals surface area contributed by atoms with Crippen molar-refractivity contribution in [3.8, 4) is 5.75 Å². The Labute approximate surface area is 214 Å². The number of halogens is 5. The zero-order valence-corrected chi connectivity index (χ0v) is 22.5. The molecule has 2 rings (SSSR count). The number of rotatable bonds is 4. The maximum atomic E-state index is 6.30. The lowest BCUT2D eigenvalue weighted by atomic mass is 10.2. The Bertz CT molecular complexity index is 785. The molecule has 0 fully saturated rings. The number of hydrazone groups is 1. The number of hydrogen-bond donors (Lipinski definition) is 0. The molecule has 0 aliphatic carbocycles. The van der Waals surface area contributed by atoms with Crippen molar-refractivity contribution in [1.82, 2.24) is 5.01 Å². The van der Waals surface area contributed by atoms with Gasteiger partial charge in [-0.05, 0) is 86.0 Å². The summed E-state index contributed by atoms with van der Waals surface area (Å²) < 4.78 is 17.5. The molecule has 0 saturated carbocycles. The summed E-state index contributed by atoms with van der Waals surface area (Å²) >= 11 is 30.2. The van der Waals surface area contributed by atoms with Crippen molar-refractivity contribution in [3.05, 3.63) is 29.8 Å². The third-order valence-corrected chi connectivity index (χ3v) is 14.1. The van der Waals surface area contributed by atoms with Crippen molar-refractivity contribution < 1.29 is 4.52 Å². The van der Waals surface area contributed by atoms with E-state index in [1.165, 1.54) is 0 Å². The Balaban J connectivity index is -0.000000206. The molecular formula is C14H37Cl5N5OP5. The molecule has 6 nitrogen and oxygen atoms in total. The van der Waals surface area contributed by atoms with Gasteiger partial charge in [0.25, 0.3) is 11.8 Å². The molecule has 1 aromatic carbocycles. The Morgan fingerprint density at radius 1 is 0.800 bits per heavy atom. The van der Waals surface area contributed by atoms with Crippen molar-refractivity contribution in [1.29, 1.82) is 0 Å². The van der Waals surface area contributed by atoms with Crippen molar-refractivity contribution in [3.63, 3.8) is 0 Å². The van der Waals surface area contributed by atoms with Crippen molar-refractivity contribution >= 4 is 101 Å². The highest BCUT2D eigenvalue weighted by Gasteiger charge is 2.34. The molecule has 1 heterocycles. The highest BCUT2D eigenvalue weighted by molar-refractivity contribution is 8.22. The summed E-state index contributed by atoms with van der Waals surface area (Å²) in [5.41, 5.74) is 0.883. The van der Waals surface area contributed by atoms with Crippen LogP contribution < -0.4 is 4.52 Å². The van der Waals surface area contributed by atoms with Crippen molar-refractivity contribution in [2.24, 2.45) is 18.6 Å². The maximum Gasteiger partial charge on any atom is 0.350 e. The molecule has 1 aromatic rings. The normalized spacial score (nSPS) is 19.3. The van der Waals surface area contributed by atoms with Gasteiger partial charge in [0.2, 0.25) is 0 Å². The minimum absolute atomic E-state index is 0. The summed E-state index contributed by atoms with van der Waals surface area (Å²) in [5.74, 6) is -5.76. The smallest absolute Gasteiger partial charge is 0.350 e. The van der Waals surface area contributed by atoms with E-state index in [0.29, 0.717) is 5.75 Å². The van der Waals surface area contributed by atoms with E-state index in [1.807, 2.05) is 14.1 Å². The second-order valence-electron chi connectivity index (χ2n) is 4.40. The van der Waals surface area contributed by atoms with Gasteiger partial charge in [0.15, 0.2) is 0 Å². The van der Waals surface area contributed by atoms with E-state index in [4.69, 9.17) is 60.7 Å². The predicted molar refractivity (Wildman–Crippen MR) is 162 cm³/mol. The van der Waals surface area contributed by atoms with Gasteiger partial charge < -0.3 is 9.53 Å². The van der Waals surface area contributed by atoms with Crippen molar-refractivity contribution in [2.75, 3.05) is 14.1 Å². The molecule has 1 aliphatic heterocycles. The lowest BCUT2D eigenvalue weighted by Gasteiger charge is -2.21. The SMILES string of the molecule is C.C.C.C.C.CN(C)/N=C/c1ccc(OP2(Cl)=NP(Cl)(Cl)=NP(Cl)(Cl)=N2)cc1.P.P. The van der Waals surface area contributed by atoms with Crippen LogP contribution in [0.4, 0.5) is 0 Å². The largest absolute Gasteiger partial charge is 0.431 e. The summed E-state index contributed by atoms with van der Waals surface area (Å²) in [5, 5.41) is 5.81. The summed E-state index contributed by atoms with van der Waals surface area (Å²) in [6, 6.07) is 6.99. The average Bonchev–Trinajstić information content (AvgIpc) is 2.32. The Kier molecular flexibility index (Phi) is 26.9. The van der Waals surface area contributed by atoms with Crippen LogP contribution in [0.15, 0.2) is 42.9 Å². The summed E-state index contributed by atoms with van der Waals surface area (Å²) in [4.78, 5) is 0. The quantitative estimate of drug-likeness (QED) is 0.190. The standard InChI is InChI=1S/C9H11Cl5N5OP3.5CH4.2H3P/c1-19(2)15-7-8-3-5-9(6-4-8)20-23(14)17-21(10,11)16-22(12,13)18-23;;;;;;;/h3-7H,1-2H3;5*1H4;2*1H3/b15-7+;;;;;;;. The Morgan fingerprint density at radius 2 is 1.23 bits per heavy atom. The summed E-state index contributed by atoms with van der Waals surface area (Å²) in [7, 11) is 3.66. The summed E-state index contributed by atoms with van der Waals surface area (Å²) in [6.07, 6.45) is 1.70. The second-order valence-corrected chi connectivity index (χ2v) is 17.5. The molecule has 0 amide bonds. The zero-order valence-electron chi connectivity index (χ0n) is 13.2. The van der Waals surface area contributed by atoms with E-state index >= 15 is 0 Å². The van der Waals surface area contributed by atoms with E-state index in [0.717, 1.165) is 5.56 Å². The molecule has 3 unspecified atom stereocenters. The van der Waals surface area contributed by atoms with E-state index in [9.17, 15) is 0 Å².